The monoisotopic (exact) mass is 376 g/mol. The van der Waals surface area contributed by atoms with Gasteiger partial charge in [-0.2, -0.15) is 0 Å². The van der Waals surface area contributed by atoms with E-state index in [9.17, 15) is 18.4 Å². The van der Waals surface area contributed by atoms with E-state index in [1.165, 1.54) is 13.2 Å². The van der Waals surface area contributed by atoms with Crippen LogP contribution in [0, 0.1) is 11.6 Å². The highest BCUT2D eigenvalue weighted by atomic mass is 19.2. The van der Waals surface area contributed by atoms with Gasteiger partial charge in [-0.3, -0.25) is 4.79 Å². The van der Waals surface area contributed by atoms with E-state index in [2.05, 4.69) is 0 Å². The Bertz CT molecular complexity index is 861. The Balaban J connectivity index is 1.95. The van der Waals surface area contributed by atoms with Gasteiger partial charge in [-0.15, -0.1) is 0 Å². The average molecular weight is 376 g/mol. The van der Waals surface area contributed by atoms with Crippen LogP contribution in [0.2, 0.25) is 0 Å². The number of esters is 1. The molecule has 0 aliphatic rings. The van der Waals surface area contributed by atoms with Crippen molar-refractivity contribution in [3.05, 3.63) is 65.2 Å². The zero-order valence-corrected chi connectivity index (χ0v) is 14.8. The molecule has 0 N–H and O–H groups in total. The Kier molecular flexibility index (Phi) is 7.05. The third-order valence-electron chi connectivity index (χ3n) is 3.49. The zero-order chi connectivity index (χ0) is 19.8. The molecule has 2 aromatic carbocycles. The van der Waals surface area contributed by atoms with Gasteiger partial charge >= 0.3 is 5.97 Å². The largest absolute Gasteiger partial charge is 0.493 e. The van der Waals surface area contributed by atoms with Crippen LogP contribution in [0.3, 0.4) is 0 Å². The van der Waals surface area contributed by atoms with Crippen LogP contribution < -0.4 is 9.47 Å². The quantitative estimate of drug-likeness (QED) is 0.398. The molecule has 0 amide bonds. The molecule has 0 bridgehead atoms. The fourth-order valence-electron chi connectivity index (χ4n) is 2.17. The van der Waals surface area contributed by atoms with E-state index in [4.69, 9.17) is 14.2 Å². The lowest BCUT2D eigenvalue weighted by molar-refractivity contribution is -0.136. The van der Waals surface area contributed by atoms with Crippen LogP contribution in [0.1, 0.15) is 22.8 Å². The van der Waals surface area contributed by atoms with Gasteiger partial charge in [0.2, 0.25) is 0 Å². The summed E-state index contributed by atoms with van der Waals surface area (Å²) in [6.45, 7) is 1.71. The van der Waals surface area contributed by atoms with Gasteiger partial charge in [-0.1, -0.05) is 6.07 Å². The second kappa shape index (κ2) is 9.47. The summed E-state index contributed by atoms with van der Waals surface area (Å²) in [6, 6.07) is 7.83. The third kappa shape index (κ3) is 5.64. The molecule has 0 saturated heterocycles. The summed E-state index contributed by atoms with van der Waals surface area (Å²) in [7, 11) is 1.52. The van der Waals surface area contributed by atoms with E-state index in [0.29, 0.717) is 23.7 Å². The minimum Gasteiger partial charge on any atom is -0.493 e. The molecule has 0 aliphatic carbocycles. The molecule has 0 heterocycles. The van der Waals surface area contributed by atoms with Crippen molar-refractivity contribution in [2.45, 2.75) is 6.92 Å². The lowest BCUT2D eigenvalue weighted by atomic mass is 10.1. The summed E-state index contributed by atoms with van der Waals surface area (Å²) < 4.78 is 41.4. The highest BCUT2D eigenvalue weighted by Crippen LogP contribution is 2.28. The van der Waals surface area contributed by atoms with Crippen molar-refractivity contribution < 1.29 is 32.6 Å². The summed E-state index contributed by atoms with van der Waals surface area (Å²) in [5.41, 5.74) is 0.588. The molecule has 7 heteroatoms. The van der Waals surface area contributed by atoms with Crippen LogP contribution in [0.15, 0.2) is 42.5 Å². The van der Waals surface area contributed by atoms with E-state index in [0.717, 1.165) is 24.3 Å². The molecule has 5 nitrogen and oxygen atoms in total. The maximum atomic E-state index is 13.1. The van der Waals surface area contributed by atoms with Gasteiger partial charge in [-0.25, -0.2) is 13.6 Å². The van der Waals surface area contributed by atoms with Crippen LogP contribution in [0.5, 0.6) is 11.5 Å². The molecule has 0 aromatic heterocycles. The Morgan fingerprint density at radius 1 is 1.04 bits per heavy atom. The smallest absolute Gasteiger partial charge is 0.331 e. The van der Waals surface area contributed by atoms with Gasteiger partial charge in [0.1, 0.15) is 0 Å². The Morgan fingerprint density at radius 3 is 2.48 bits per heavy atom. The second-order valence-electron chi connectivity index (χ2n) is 5.34. The van der Waals surface area contributed by atoms with Gasteiger partial charge in [0.05, 0.1) is 13.7 Å². The standard InChI is InChI=1S/C20H18F2O5/c1-3-26-19-10-13(4-8-18(19)25-2)5-9-20(24)27-12-17(23)14-6-7-15(21)16(22)11-14/h4-11H,3,12H2,1-2H3/b9-5+. The van der Waals surface area contributed by atoms with E-state index in [-0.39, 0.29) is 5.56 Å². The molecule has 142 valence electrons. The van der Waals surface area contributed by atoms with Crippen molar-refractivity contribution in [1.29, 1.82) is 0 Å². The molecule has 0 spiro atoms. The molecular formula is C20H18F2O5. The summed E-state index contributed by atoms with van der Waals surface area (Å²) in [4.78, 5) is 23.6. The molecule has 0 unspecified atom stereocenters. The van der Waals surface area contributed by atoms with Crippen LogP contribution in [-0.4, -0.2) is 32.1 Å². The number of benzene rings is 2. The molecular weight excluding hydrogens is 358 g/mol. The van der Waals surface area contributed by atoms with Crippen molar-refractivity contribution in [2.75, 3.05) is 20.3 Å². The maximum absolute atomic E-state index is 13.1. The Hall–Kier alpha value is -3.22. The van der Waals surface area contributed by atoms with Gasteiger partial charge in [-0.05, 0) is 48.9 Å². The lowest BCUT2D eigenvalue weighted by Gasteiger charge is -2.09. The highest BCUT2D eigenvalue weighted by molar-refractivity contribution is 5.98. The predicted molar refractivity (Wildman–Crippen MR) is 94.8 cm³/mol. The second-order valence-corrected chi connectivity index (χ2v) is 5.34. The molecule has 0 saturated carbocycles. The van der Waals surface area contributed by atoms with E-state index < -0.39 is 30.0 Å². The number of Topliss-reactive ketones (excluding diaryl/α,β-unsaturated/α-hetero) is 1. The molecule has 0 radical (unpaired) electrons. The van der Waals surface area contributed by atoms with Crippen molar-refractivity contribution >= 4 is 17.8 Å². The number of hydrogen-bond acceptors (Lipinski definition) is 5. The number of carbonyl (C=O) groups is 2. The van der Waals surface area contributed by atoms with Crippen molar-refractivity contribution in [3.8, 4) is 11.5 Å². The van der Waals surface area contributed by atoms with E-state index >= 15 is 0 Å². The number of carbonyl (C=O) groups excluding carboxylic acids is 2. The van der Waals surface area contributed by atoms with Crippen molar-refractivity contribution in [2.24, 2.45) is 0 Å². The number of hydrogen-bond donors (Lipinski definition) is 0. The summed E-state index contributed by atoms with van der Waals surface area (Å²) in [5, 5.41) is 0. The Morgan fingerprint density at radius 2 is 1.81 bits per heavy atom. The minimum absolute atomic E-state index is 0.0813. The summed E-state index contributed by atoms with van der Waals surface area (Å²) >= 11 is 0. The average Bonchev–Trinajstić information content (AvgIpc) is 2.67. The normalized spacial score (nSPS) is 10.7. The van der Waals surface area contributed by atoms with Gasteiger partial charge in [0.25, 0.3) is 0 Å². The maximum Gasteiger partial charge on any atom is 0.331 e. The first-order valence-corrected chi connectivity index (χ1v) is 8.08. The highest BCUT2D eigenvalue weighted by Gasteiger charge is 2.11. The molecule has 2 rings (SSSR count). The van der Waals surface area contributed by atoms with Crippen molar-refractivity contribution in [3.63, 3.8) is 0 Å². The fourth-order valence-corrected chi connectivity index (χ4v) is 2.17. The van der Waals surface area contributed by atoms with Gasteiger partial charge in [0, 0.05) is 11.6 Å². The summed E-state index contributed by atoms with van der Waals surface area (Å²) in [5.74, 6) is -2.50. The van der Waals surface area contributed by atoms with Crippen LogP contribution in [0.25, 0.3) is 6.08 Å². The van der Waals surface area contributed by atoms with Gasteiger partial charge < -0.3 is 14.2 Å². The first-order valence-electron chi connectivity index (χ1n) is 8.08. The van der Waals surface area contributed by atoms with Crippen LogP contribution in [-0.2, 0) is 9.53 Å². The molecule has 0 aliphatic heterocycles. The molecule has 2 aromatic rings. The number of halogens is 2. The van der Waals surface area contributed by atoms with Crippen LogP contribution in [0.4, 0.5) is 8.78 Å². The number of ether oxygens (including phenoxy) is 3. The van der Waals surface area contributed by atoms with Crippen molar-refractivity contribution in [1.82, 2.24) is 0 Å². The first kappa shape index (κ1) is 20.1. The number of ketones is 1. The first-order chi connectivity index (χ1) is 12.9. The molecule has 27 heavy (non-hydrogen) atoms. The number of methoxy groups -OCH3 is 1. The van der Waals surface area contributed by atoms with E-state index in [1.54, 1.807) is 18.2 Å². The lowest BCUT2D eigenvalue weighted by Crippen LogP contribution is -2.13. The van der Waals surface area contributed by atoms with Gasteiger partial charge in [0.15, 0.2) is 35.5 Å². The molecule has 0 atom stereocenters. The predicted octanol–water partition coefficient (Wildman–Crippen LogP) is 3.81. The minimum atomic E-state index is -1.14. The number of rotatable bonds is 8. The zero-order valence-electron chi connectivity index (χ0n) is 14.8. The SMILES string of the molecule is CCOc1cc(/C=C/C(=O)OCC(=O)c2ccc(F)c(F)c2)ccc1OC. The van der Waals surface area contributed by atoms with Crippen LogP contribution >= 0.6 is 0 Å². The van der Waals surface area contributed by atoms with E-state index in [1.807, 2.05) is 6.92 Å². The third-order valence-corrected chi connectivity index (χ3v) is 3.49. The topological polar surface area (TPSA) is 61.8 Å². The Labute approximate surface area is 155 Å². The summed E-state index contributed by atoms with van der Waals surface area (Å²) in [6.07, 6.45) is 2.64. The fraction of sp³-hybridized carbons (Fsp3) is 0.200. The molecule has 0 fully saturated rings.